The minimum absolute atomic E-state index is 0.00534. The number of halogens is 8. The van der Waals surface area contributed by atoms with Crippen LogP contribution in [0.4, 0.5) is 46.8 Å². The highest BCUT2D eigenvalue weighted by Crippen LogP contribution is 2.39. The number of pyridine rings is 1. The molecule has 0 saturated heterocycles. The van der Waals surface area contributed by atoms with Gasteiger partial charge in [0.25, 0.3) is 12.3 Å². The van der Waals surface area contributed by atoms with E-state index < -0.39 is 60.4 Å². The van der Waals surface area contributed by atoms with Gasteiger partial charge in [-0.3, -0.25) is 14.2 Å². The van der Waals surface area contributed by atoms with Gasteiger partial charge in [-0.15, -0.1) is 0 Å². The van der Waals surface area contributed by atoms with Gasteiger partial charge in [-0.05, 0) is 49.4 Å². The summed E-state index contributed by atoms with van der Waals surface area (Å²) in [7, 11) is 1.39. The van der Waals surface area contributed by atoms with Crippen molar-refractivity contribution in [2.24, 2.45) is 18.9 Å². The van der Waals surface area contributed by atoms with Crippen molar-refractivity contribution in [3.8, 4) is 5.88 Å². The SMILES string of the molecule is CC(C)C(=O)NCc1ccc(C(F)(F)F)c(Nc2nc3cc(C(=O)NC4CCC(C(F)(F)F)CC4)c(OCC(F)F)nc3n2C)c1. The Morgan fingerprint density at radius 1 is 1.02 bits per heavy atom. The maximum atomic E-state index is 13.9. The van der Waals surface area contributed by atoms with Crippen molar-refractivity contribution in [3.05, 3.63) is 41.0 Å². The summed E-state index contributed by atoms with van der Waals surface area (Å²) in [5, 5.41) is 7.84. The smallest absolute Gasteiger partial charge is 0.418 e. The molecule has 0 spiro atoms. The number of imidazole rings is 1. The number of ether oxygens (including phenoxy) is 1. The number of aromatic nitrogens is 3. The number of alkyl halides is 8. The average molecular weight is 665 g/mol. The van der Waals surface area contributed by atoms with Crippen LogP contribution in [-0.4, -0.2) is 51.6 Å². The number of carbonyl (C=O) groups excluding carboxylic acids is 2. The molecule has 0 bridgehead atoms. The molecule has 9 nitrogen and oxygen atoms in total. The highest BCUT2D eigenvalue weighted by molar-refractivity contribution is 5.99. The van der Waals surface area contributed by atoms with Crippen LogP contribution in [0, 0.1) is 11.8 Å². The number of nitrogens with one attached hydrogen (secondary N) is 3. The molecule has 46 heavy (non-hydrogen) atoms. The van der Waals surface area contributed by atoms with Crippen LogP contribution in [0.1, 0.15) is 61.0 Å². The summed E-state index contributed by atoms with van der Waals surface area (Å²) in [5.74, 6) is -3.63. The van der Waals surface area contributed by atoms with E-state index in [0.717, 1.165) is 12.1 Å². The number of amides is 2. The number of fused-ring (bicyclic) bond motifs is 1. The second-order valence-electron chi connectivity index (χ2n) is 11.3. The minimum Gasteiger partial charge on any atom is -0.471 e. The van der Waals surface area contributed by atoms with Crippen LogP contribution < -0.4 is 20.7 Å². The number of benzene rings is 1. The topological polar surface area (TPSA) is 110 Å². The second-order valence-corrected chi connectivity index (χ2v) is 11.3. The number of hydrogen-bond donors (Lipinski definition) is 3. The first-order chi connectivity index (χ1) is 21.4. The lowest BCUT2D eigenvalue weighted by Gasteiger charge is -2.30. The summed E-state index contributed by atoms with van der Waals surface area (Å²) >= 11 is 0. The third-order valence-electron chi connectivity index (χ3n) is 7.55. The molecule has 2 amide bonds. The summed E-state index contributed by atoms with van der Waals surface area (Å²) in [5.41, 5.74) is -1.43. The van der Waals surface area contributed by atoms with Crippen LogP contribution in [0.25, 0.3) is 11.2 Å². The van der Waals surface area contributed by atoms with Gasteiger partial charge in [-0.25, -0.2) is 13.8 Å². The molecule has 0 aliphatic heterocycles. The average Bonchev–Trinajstić information content (AvgIpc) is 3.27. The fraction of sp³-hybridized carbons (Fsp3) is 0.517. The van der Waals surface area contributed by atoms with E-state index in [1.165, 1.54) is 23.7 Å². The zero-order valence-corrected chi connectivity index (χ0v) is 25.0. The van der Waals surface area contributed by atoms with E-state index in [1.807, 2.05) is 0 Å². The first-order valence-corrected chi connectivity index (χ1v) is 14.3. The van der Waals surface area contributed by atoms with Crippen molar-refractivity contribution >= 4 is 34.6 Å². The van der Waals surface area contributed by atoms with Crippen LogP contribution in [0.3, 0.4) is 0 Å². The van der Waals surface area contributed by atoms with Gasteiger partial charge in [0.2, 0.25) is 17.7 Å². The van der Waals surface area contributed by atoms with Gasteiger partial charge in [0.05, 0.1) is 17.2 Å². The molecular formula is C29H32F8N6O3. The van der Waals surface area contributed by atoms with Crippen LogP contribution in [0.5, 0.6) is 5.88 Å². The maximum Gasteiger partial charge on any atom is 0.418 e. The monoisotopic (exact) mass is 664 g/mol. The van der Waals surface area contributed by atoms with E-state index in [4.69, 9.17) is 4.74 Å². The van der Waals surface area contributed by atoms with Crippen LogP contribution in [0.2, 0.25) is 0 Å². The zero-order chi connectivity index (χ0) is 34.0. The molecular weight excluding hydrogens is 632 g/mol. The quantitative estimate of drug-likeness (QED) is 0.214. The van der Waals surface area contributed by atoms with E-state index in [9.17, 15) is 44.7 Å². The van der Waals surface area contributed by atoms with Gasteiger partial charge < -0.3 is 20.7 Å². The molecule has 1 aliphatic rings. The Balaban J connectivity index is 1.65. The summed E-state index contributed by atoms with van der Waals surface area (Å²) in [6.07, 6.45) is -12.4. The number of aryl methyl sites for hydroxylation is 1. The lowest BCUT2D eigenvalue weighted by molar-refractivity contribution is -0.182. The molecule has 3 aromatic rings. The molecule has 1 aromatic carbocycles. The van der Waals surface area contributed by atoms with Crippen molar-refractivity contribution in [1.82, 2.24) is 25.2 Å². The third-order valence-corrected chi connectivity index (χ3v) is 7.55. The molecule has 3 N–H and O–H groups in total. The number of anilines is 2. The van der Waals surface area contributed by atoms with Gasteiger partial charge >= 0.3 is 12.4 Å². The highest BCUT2D eigenvalue weighted by Gasteiger charge is 2.41. The van der Waals surface area contributed by atoms with Crippen LogP contribution in [-0.2, 0) is 24.6 Å². The molecule has 4 rings (SSSR count). The van der Waals surface area contributed by atoms with Crippen molar-refractivity contribution in [3.63, 3.8) is 0 Å². The first-order valence-electron chi connectivity index (χ1n) is 14.3. The normalized spacial score (nSPS) is 17.4. The maximum absolute atomic E-state index is 13.9. The van der Waals surface area contributed by atoms with Gasteiger partial charge in [-0.1, -0.05) is 19.9 Å². The van der Waals surface area contributed by atoms with Gasteiger partial charge in [0.1, 0.15) is 11.1 Å². The largest absolute Gasteiger partial charge is 0.471 e. The summed E-state index contributed by atoms with van der Waals surface area (Å²) in [6, 6.07) is 3.80. The first kappa shape index (κ1) is 34.7. The fourth-order valence-corrected chi connectivity index (χ4v) is 5.02. The molecule has 0 radical (unpaired) electrons. The Kier molecular flexibility index (Phi) is 10.3. The standard InChI is InChI=1S/C29H32F8N6O3/c1-14(2)24(44)38-12-15-4-9-19(29(35,36)37)20(10-15)40-27-41-21-11-18(26(46-13-22(30)31)42-23(21)43(27)3)25(45)39-17-7-5-16(6-8-17)28(32,33)34/h4,9-11,14,16-17,22H,5-8,12-13H2,1-3H3,(H,38,44)(H,39,45)(H,40,41). The molecule has 1 aliphatic carbocycles. The molecule has 252 valence electrons. The molecule has 0 atom stereocenters. The highest BCUT2D eigenvalue weighted by atomic mass is 19.4. The van der Waals surface area contributed by atoms with Gasteiger partial charge in [-0.2, -0.15) is 31.3 Å². The predicted molar refractivity (Wildman–Crippen MR) is 151 cm³/mol. The fourth-order valence-electron chi connectivity index (χ4n) is 5.02. The van der Waals surface area contributed by atoms with Crippen molar-refractivity contribution in [2.45, 2.75) is 70.9 Å². The zero-order valence-electron chi connectivity index (χ0n) is 25.0. The predicted octanol–water partition coefficient (Wildman–Crippen LogP) is 6.50. The Labute approximate surface area is 258 Å². The number of hydrogen-bond acceptors (Lipinski definition) is 6. The van der Waals surface area contributed by atoms with Crippen LogP contribution >= 0.6 is 0 Å². The third kappa shape index (κ3) is 8.34. The molecule has 0 unspecified atom stereocenters. The van der Waals surface area contributed by atoms with Gasteiger partial charge in [0, 0.05) is 25.6 Å². The number of nitrogens with zero attached hydrogens (tertiary/aromatic N) is 3. The Morgan fingerprint density at radius 2 is 1.70 bits per heavy atom. The number of rotatable bonds is 10. The molecule has 2 heterocycles. The van der Waals surface area contributed by atoms with Crippen molar-refractivity contribution in [2.75, 3.05) is 11.9 Å². The van der Waals surface area contributed by atoms with E-state index in [1.54, 1.807) is 13.8 Å². The van der Waals surface area contributed by atoms with E-state index in [0.29, 0.717) is 5.56 Å². The molecule has 1 saturated carbocycles. The van der Waals surface area contributed by atoms with E-state index in [-0.39, 0.29) is 66.7 Å². The Morgan fingerprint density at radius 3 is 2.28 bits per heavy atom. The number of carbonyl (C=O) groups is 2. The Hall–Kier alpha value is -4.18. The second kappa shape index (κ2) is 13.7. The van der Waals surface area contributed by atoms with E-state index in [2.05, 4.69) is 25.9 Å². The van der Waals surface area contributed by atoms with Crippen molar-refractivity contribution < 1.29 is 49.4 Å². The van der Waals surface area contributed by atoms with Crippen LogP contribution in [0.15, 0.2) is 24.3 Å². The molecule has 1 fully saturated rings. The van der Waals surface area contributed by atoms with Gasteiger partial charge in [0.15, 0.2) is 12.3 Å². The molecule has 2 aromatic heterocycles. The van der Waals surface area contributed by atoms with Crippen molar-refractivity contribution in [1.29, 1.82) is 0 Å². The lowest BCUT2D eigenvalue weighted by atomic mass is 9.85. The minimum atomic E-state index is -4.77. The van der Waals surface area contributed by atoms with E-state index >= 15 is 0 Å². The summed E-state index contributed by atoms with van der Waals surface area (Å²) in [4.78, 5) is 33.6. The lowest BCUT2D eigenvalue weighted by Crippen LogP contribution is -2.40. The summed E-state index contributed by atoms with van der Waals surface area (Å²) < 4.78 is 113. The summed E-state index contributed by atoms with van der Waals surface area (Å²) in [6.45, 7) is 2.15. The molecule has 17 heteroatoms. The Bertz CT molecular complexity index is 1560.